The molecule has 0 amide bonds. The molecule has 110 valence electrons. The van der Waals surface area contributed by atoms with E-state index >= 15 is 0 Å². The highest BCUT2D eigenvalue weighted by atomic mass is 19.1. The van der Waals surface area contributed by atoms with E-state index in [1.165, 1.54) is 6.07 Å². The number of rotatable bonds is 3. The molecule has 1 aromatic heterocycles. The molecular weight excluding hydrogens is 259 g/mol. The minimum absolute atomic E-state index is 0.0431. The molecule has 0 bridgehead atoms. The predicted octanol–water partition coefficient (Wildman–Crippen LogP) is 2.71. The Morgan fingerprint density at radius 2 is 2.05 bits per heavy atom. The number of nitrogens with zero attached hydrogens (tertiary/aromatic N) is 2. The second-order valence-electron chi connectivity index (χ2n) is 6.11. The van der Waals surface area contributed by atoms with E-state index in [4.69, 9.17) is 4.74 Å². The van der Waals surface area contributed by atoms with E-state index < -0.39 is 5.60 Å². The van der Waals surface area contributed by atoms with Gasteiger partial charge in [-0.2, -0.15) is 0 Å². The van der Waals surface area contributed by atoms with E-state index in [-0.39, 0.29) is 18.2 Å². The molecule has 1 aliphatic heterocycles. The molecule has 4 nitrogen and oxygen atoms in total. The smallest absolute Gasteiger partial charge is 0.310 e. The summed E-state index contributed by atoms with van der Waals surface area (Å²) in [6, 6.07) is 1.38. The highest BCUT2D eigenvalue weighted by Gasteiger charge is 2.20. The number of carbonyl (C=O) groups is 1. The van der Waals surface area contributed by atoms with Crippen LogP contribution >= 0.6 is 0 Å². The summed E-state index contributed by atoms with van der Waals surface area (Å²) in [5.41, 5.74) is 0.0122. The van der Waals surface area contributed by atoms with Crippen molar-refractivity contribution in [1.82, 2.24) is 4.98 Å². The van der Waals surface area contributed by atoms with Crippen LogP contribution in [-0.2, 0) is 16.0 Å². The van der Waals surface area contributed by atoms with Crippen LogP contribution in [-0.4, -0.2) is 29.6 Å². The van der Waals surface area contributed by atoms with Crippen molar-refractivity contribution in [3.05, 3.63) is 23.6 Å². The van der Waals surface area contributed by atoms with Gasteiger partial charge in [-0.25, -0.2) is 9.37 Å². The standard InChI is InChI=1S/C15H21FN2O2/c1-15(2,3)20-13(19)9-11-8-12(16)14(17-10-11)18-6-4-5-7-18/h8,10H,4-7,9H2,1-3H3. The van der Waals surface area contributed by atoms with Gasteiger partial charge >= 0.3 is 5.97 Å². The van der Waals surface area contributed by atoms with Crippen LogP contribution in [0.25, 0.3) is 0 Å². The topological polar surface area (TPSA) is 42.4 Å². The highest BCUT2D eigenvalue weighted by Crippen LogP contribution is 2.22. The number of pyridine rings is 1. The summed E-state index contributed by atoms with van der Waals surface area (Å²) < 4.78 is 19.2. The minimum atomic E-state index is -0.529. The zero-order chi connectivity index (χ0) is 14.8. The Labute approximate surface area is 118 Å². The fourth-order valence-electron chi connectivity index (χ4n) is 2.27. The van der Waals surface area contributed by atoms with Gasteiger partial charge in [0, 0.05) is 19.3 Å². The van der Waals surface area contributed by atoms with Crippen LogP contribution in [0, 0.1) is 5.82 Å². The van der Waals surface area contributed by atoms with Crippen LogP contribution in [0.1, 0.15) is 39.2 Å². The third kappa shape index (κ3) is 3.92. The van der Waals surface area contributed by atoms with Gasteiger partial charge in [0.05, 0.1) is 6.42 Å². The number of halogens is 1. The number of carbonyl (C=O) groups excluding carboxylic acids is 1. The third-order valence-corrected chi connectivity index (χ3v) is 3.05. The van der Waals surface area contributed by atoms with E-state index in [1.54, 1.807) is 27.0 Å². The summed E-state index contributed by atoms with van der Waals surface area (Å²) in [6.45, 7) is 7.10. The van der Waals surface area contributed by atoms with Crippen molar-refractivity contribution < 1.29 is 13.9 Å². The lowest BCUT2D eigenvalue weighted by Crippen LogP contribution is -2.25. The van der Waals surface area contributed by atoms with Crippen molar-refractivity contribution in [3.8, 4) is 0 Å². The van der Waals surface area contributed by atoms with Crippen molar-refractivity contribution in [2.45, 2.75) is 45.6 Å². The van der Waals surface area contributed by atoms with Gasteiger partial charge in [0.2, 0.25) is 0 Å². The normalized spacial score (nSPS) is 15.5. The molecule has 0 spiro atoms. The van der Waals surface area contributed by atoms with Gasteiger partial charge in [0.25, 0.3) is 0 Å². The lowest BCUT2D eigenvalue weighted by Gasteiger charge is -2.20. The average molecular weight is 280 g/mol. The third-order valence-electron chi connectivity index (χ3n) is 3.05. The first kappa shape index (κ1) is 14.8. The molecule has 0 saturated carbocycles. The summed E-state index contributed by atoms with van der Waals surface area (Å²) in [4.78, 5) is 17.8. The Bertz CT molecular complexity index is 491. The first-order valence-corrected chi connectivity index (χ1v) is 6.96. The van der Waals surface area contributed by atoms with Crippen molar-refractivity contribution in [2.24, 2.45) is 0 Å². The molecule has 1 aliphatic rings. The molecule has 0 aliphatic carbocycles. The lowest BCUT2D eigenvalue weighted by atomic mass is 10.1. The van der Waals surface area contributed by atoms with Gasteiger partial charge in [0.15, 0.2) is 11.6 Å². The molecule has 2 rings (SSSR count). The molecule has 1 saturated heterocycles. The van der Waals surface area contributed by atoms with Crippen LogP contribution in [0.15, 0.2) is 12.3 Å². The van der Waals surface area contributed by atoms with Gasteiger partial charge in [-0.15, -0.1) is 0 Å². The average Bonchev–Trinajstić information content (AvgIpc) is 2.79. The summed E-state index contributed by atoms with van der Waals surface area (Å²) in [5.74, 6) is -0.351. The van der Waals surface area contributed by atoms with E-state index in [9.17, 15) is 9.18 Å². The minimum Gasteiger partial charge on any atom is -0.460 e. The molecule has 20 heavy (non-hydrogen) atoms. The Morgan fingerprint density at radius 3 is 2.60 bits per heavy atom. The van der Waals surface area contributed by atoms with E-state index in [1.807, 2.05) is 4.90 Å². The number of hydrogen-bond acceptors (Lipinski definition) is 4. The molecule has 1 fully saturated rings. The van der Waals surface area contributed by atoms with Crippen molar-refractivity contribution in [3.63, 3.8) is 0 Å². The van der Waals surface area contributed by atoms with E-state index in [0.717, 1.165) is 25.9 Å². The number of hydrogen-bond donors (Lipinski definition) is 0. The first-order valence-electron chi connectivity index (χ1n) is 6.96. The highest BCUT2D eigenvalue weighted by molar-refractivity contribution is 5.73. The van der Waals surface area contributed by atoms with Gasteiger partial charge in [-0.1, -0.05) is 0 Å². The van der Waals surface area contributed by atoms with Crippen LogP contribution in [0.3, 0.4) is 0 Å². The molecule has 1 aromatic rings. The SMILES string of the molecule is CC(C)(C)OC(=O)Cc1cnc(N2CCCC2)c(F)c1. The largest absolute Gasteiger partial charge is 0.460 e. The second kappa shape index (κ2) is 5.77. The van der Waals surface area contributed by atoms with Crippen LogP contribution in [0.4, 0.5) is 10.2 Å². The van der Waals surface area contributed by atoms with Crippen molar-refractivity contribution in [2.75, 3.05) is 18.0 Å². The lowest BCUT2D eigenvalue weighted by molar-refractivity contribution is -0.153. The molecule has 0 radical (unpaired) electrons. The fraction of sp³-hybridized carbons (Fsp3) is 0.600. The maximum absolute atomic E-state index is 14.0. The van der Waals surface area contributed by atoms with Gasteiger partial charge < -0.3 is 9.64 Å². The van der Waals surface area contributed by atoms with Crippen molar-refractivity contribution in [1.29, 1.82) is 0 Å². The summed E-state index contributed by atoms with van der Waals surface area (Å²) in [6.07, 6.45) is 3.74. The number of aromatic nitrogens is 1. The van der Waals surface area contributed by atoms with Crippen LogP contribution in [0.5, 0.6) is 0 Å². The molecule has 0 unspecified atom stereocenters. The predicted molar refractivity (Wildman–Crippen MR) is 75.2 cm³/mol. The Kier molecular flexibility index (Phi) is 4.26. The maximum Gasteiger partial charge on any atom is 0.310 e. The van der Waals surface area contributed by atoms with E-state index in [0.29, 0.717) is 11.4 Å². The quantitative estimate of drug-likeness (QED) is 0.798. The van der Waals surface area contributed by atoms with Gasteiger partial charge in [-0.05, 0) is 45.2 Å². The van der Waals surface area contributed by atoms with Gasteiger partial charge in [-0.3, -0.25) is 4.79 Å². The number of anilines is 1. The molecule has 2 heterocycles. The Balaban J connectivity index is 2.03. The summed E-state index contributed by atoms with van der Waals surface area (Å²) in [7, 11) is 0. The number of esters is 1. The maximum atomic E-state index is 14.0. The summed E-state index contributed by atoms with van der Waals surface area (Å²) >= 11 is 0. The van der Waals surface area contributed by atoms with Crippen molar-refractivity contribution >= 4 is 11.8 Å². The Morgan fingerprint density at radius 1 is 1.40 bits per heavy atom. The molecule has 0 aromatic carbocycles. The molecule has 0 atom stereocenters. The Hall–Kier alpha value is -1.65. The second-order valence-corrected chi connectivity index (χ2v) is 6.11. The first-order chi connectivity index (χ1) is 9.35. The monoisotopic (exact) mass is 280 g/mol. The zero-order valence-corrected chi connectivity index (χ0v) is 12.3. The molecular formula is C15H21FN2O2. The summed E-state index contributed by atoms with van der Waals surface area (Å²) in [5, 5.41) is 0. The zero-order valence-electron chi connectivity index (χ0n) is 12.3. The van der Waals surface area contributed by atoms with Crippen LogP contribution in [0.2, 0.25) is 0 Å². The number of ether oxygens (including phenoxy) is 1. The molecule has 0 N–H and O–H groups in total. The van der Waals surface area contributed by atoms with Gasteiger partial charge in [0.1, 0.15) is 5.60 Å². The fourth-order valence-corrected chi connectivity index (χ4v) is 2.27. The van der Waals surface area contributed by atoms with E-state index in [2.05, 4.69) is 4.98 Å². The van der Waals surface area contributed by atoms with Crippen LogP contribution < -0.4 is 4.90 Å². The molecule has 5 heteroatoms.